The van der Waals surface area contributed by atoms with E-state index in [0.717, 1.165) is 0 Å². The van der Waals surface area contributed by atoms with Gasteiger partial charge in [-0.1, -0.05) is 13.8 Å². The summed E-state index contributed by atoms with van der Waals surface area (Å²) in [7, 11) is -1.64. The van der Waals surface area contributed by atoms with E-state index < -0.39 is 8.32 Å². The molecule has 0 unspecified atom stereocenters. The van der Waals surface area contributed by atoms with Gasteiger partial charge in [0.25, 0.3) is 5.97 Å². The van der Waals surface area contributed by atoms with E-state index in [1.165, 1.54) is 0 Å². The normalized spacial score (nSPS) is 11.8. The highest BCUT2D eigenvalue weighted by Gasteiger charge is 2.19. The first kappa shape index (κ1) is 10.7. The van der Waals surface area contributed by atoms with Gasteiger partial charge in [0.15, 0.2) is 0 Å². The van der Waals surface area contributed by atoms with E-state index in [4.69, 9.17) is 4.43 Å². The molecule has 0 rings (SSSR count). The predicted octanol–water partition coefficient (Wildman–Crippen LogP) is 2.41. The van der Waals surface area contributed by atoms with Gasteiger partial charge >= 0.3 is 0 Å². The lowest BCUT2D eigenvalue weighted by molar-refractivity contribution is -0.135. The second-order valence-electron chi connectivity index (χ2n) is 4.18. The van der Waals surface area contributed by atoms with Gasteiger partial charge in [-0.15, -0.1) is 0 Å². The summed E-state index contributed by atoms with van der Waals surface area (Å²) in [5.41, 5.74) is 0. The number of carbonyl (C=O) groups excluding carboxylic acids is 1. The molecule has 3 heteroatoms. The fourth-order valence-electron chi connectivity index (χ4n) is 0.717. The molecule has 0 spiro atoms. The maximum atomic E-state index is 11.1. The van der Waals surface area contributed by atoms with Crippen molar-refractivity contribution >= 4 is 14.3 Å². The van der Waals surface area contributed by atoms with Gasteiger partial charge in [-0.2, -0.15) is 0 Å². The van der Waals surface area contributed by atoms with E-state index in [-0.39, 0.29) is 5.97 Å². The molecule has 0 amide bonds. The minimum absolute atomic E-state index is 0.0424. The van der Waals surface area contributed by atoms with E-state index in [0.29, 0.717) is 12.3 Å². The van der Waals surface area contributed by atoms with Gasteiger partial charge < -0.3 is 4.43 Å². The molecule has 0 saturated carbocycles. The van der Waals surface area contributed by atoms with E-state index in [1.54, 1.807) is 0 Å². The van der Waals surface area contributed by atoms with Gasteiger partial charge in [0.05, 0.1) is 0 Å². The van der Waals surface area contributed by atoms with Crippen molar-refractivity contribution in [3.05, 3.63) is 0 Å². The van der Waals surface area contributed by atoms with Crippen molar-refractivity contribution in [2.75, 3.05) is 0 Å². The van der Waals surface area contributed by atoms with Crippen molar-refractivity contribution in [2.24, 2.45) is 5.92 Å². The Kier molecular flexibility index (Phi) is 3.79. The van der Waals surface area contributed by atoms with Crippen molar-refractivity contribution < 1.29 is 9.22 Å². The van der Waals surface area contributed by atoms with E-state index >= 15 is 0 Å². The third kappa shape index (κ3) is 7.59. The first-order valence-electron chi connectivity index (χ1n) is 4.03. The Bertz CT molecular complexity index is 136. The van der Waals surface area contributed by atoms with Gasteiger partial charge in [-0.25, -0.2) is 0 Å². The summed E-state index contributed by atoms with van der Waals surface area (Å²) in [6, 6.07) is 0. The summed E-state index contributed by atoms with van der Waals surface area (Å²) in [5, 5.41) is 0. The zero-order valence-corrected chi connectivity index (χ0v) is 9.10. The van der Waals surface area contributed by atoms with Crippen molar-refractivity contribution in [2.45, 2.75) is 39.9 Å². The summed E-state index contributed by atoms with van der Waals surface area (Å²) >= 11 is 0. The lowest BCUT2D eigenvalue weighted by atomic mass is 10.1. The highest BCUT2D eigenvalue weighted by Crippen LogP contribution is 2.08. The molecular formula is C8H18O2Si. The van der Waals surface area contributed by atoms with Crippen LogP contribution in [0, 0.1) is 5.92 Å². The summed E-state index contributed by atoms with van der Waals surface area (Å²) in [6.07, 6.45) is 0.546. The SMILES string of the molecule is CC(C)CC(=O)O[Si](C)(C)C. The molecule has 0 fully saturated rings. The smallest absolute Gasteiger partial charge is 0.292 e. The first-order valence-corrected chi connectivity index (χ1v) is 7.44. The highest BCUT2D eigenvalue weighted by atomic mass is 28.4. The Balaban J connectivity index is 3.71. The van der Waals surface area contributed by atoms with Gasteiger partial charge in [-0.3, -0.25) is 4.79 Å². The molecule has 2 nitrogen and oxygen atoms in total. The average molecular weight is 174 g/mol. The van der Waals surface area contributed by atoms with Crippen LogP contribution in [0.3, 0.4) is 0 Å². The summed E-state index contributed by atoms with van der Waals surface area (Å²) < 4.78 is 5.25. The van der Waals surface area contributed by atoms with Crippen LogP contribution in [0.5, 0.6) is 0 Å². The third-order valence-electron chi connectivity index (χ3n) is 0.995. The molecule has 11 heavy (non-hydrogen) atoms. The van der Waals surface area contributed by atoms with Crippen LogP contribution < -0.4 is 0 Å². The maximum absolute atomic E-state index is 11.1. The van der Waals surface area contributed by atoms with Gasteiger partial charge in [0.2, 0.25) is 8.32 Å². The van der Waals surface area contributed by atoms with Crippen molar-refractivity contribution in [3.8, 4) is 0 Å². The lowest BCUT2D eigenvalue weighted by Gasteiger charge is -2.17. The maximum Gasteiger partial charge on any atom is 0.292 e. The Hall–Kier alpha value is -0.313. The molecular weight excluding hydrogens is 156 g/mol. The molecule has 0 saturated heterocycles. The van der Waals surface area contributed by atoms with Crippen LogP contribution in [0.25, 0.3) is 0 Å². The van der Waals surface area contributed by atoms with Crippen molar-refractivity contribution in [1.82, 2.24) is 0 Å². The zero-order chi connectivity index (χ0) is 9.07. The number of rotatable bonds is 3. The average Bonchev–Trinajstić information content (AvgIpc) is 1.53. The summed E-state index contributed by atoms with van der Waals surface area (Å²) in [4.78, 5) is 11.1. The lowest BCUT2D eigenvalue weighted by Crippen LogP contribution is -2.29. The number of carbonyl (C=O) groups is 1. The molecule has 0 bridgehead atoms. The largest absolute Gasteiger partial charge is 0.520 e. The molecule has 0 aromatic carbocycles. The van der Waals surface area contributed by atoms with Crippen LogP contribution in [-0.2, 0) is 9.22 Å². The van der Waals surface area contributed by atoms with Crippen LogP contribution in [0.1, 0.15) is 20.3 Å². The number of hydrogen-bond donors (Lipinski definition) is 0. The Morgan fingerprint density at radius 3 is 2.09 bits per heavy atom. The van der Waals surface area contributed by atoms with E-state index in [2.05, 4.69) is 0 Å². The monoisotopic (exact) mass is 174 g/mol. The molecule has 0 aromatic rings. The summed E-state index contributed by atoms with van der Waals surface area (Å²) in [5.74, 6) is 0.359. The second-order valence-corrected chi connectivity index (χ2v) is 8.61. The van der Waals surface area contributed by atoms with Gasteiger partial charge in [-0.05, 0) is 25.6 Å². The van der Waals surface area contributed by atoms with Crippen LogP contribution in [0.4, 0.5) is 0 Å². The Morgan fingerprint density at radius 1 is 1.36 bits per heavy atom. The van der Waals surface area contributed by atoms with Crippen LogP contribution in [0.15, 0.2) is 0 Å². The molecule has 0 heterocycles. The van der Waals surface area contributed by atoms with Crippen LogP contribution in [0.2, 0.25) is 19.6 Å². The molecule has 0 aliphatic heterocycles. The molecule has 0 aliphatic rings. The Labute approximate surface area is 70.1 Å². The first-order chi connectivity index (χ1) is 4.81. The fourth-order valence-corrected chi connectivity index (χ4v) is 1.48. The van der Waals surface area contributed by atoms with Gasteiger partial charge in [0, 0.05) is 6.42 Å². The topological polar surface area (TPSA) is 26.3 Å². The minimum atomic E-state index is -1.64. The second kappa shape index (κ2) is 3.90. The standard InChI is InChI=1S/C8H18O2Si/c1-7(2)6-8(9)10-11(3,4)5/h7H,6H2,1-5H3. The molecule has 0 N–H and O–H groups in total. The Morgan fingerprint density at radius 2 is 1.82 bits per heavy atom. The zero-order valence-electron chi connectivity index (χ0n) is 8.10. The summed E-state index contributed by atoms with van der Waals surface area (Å²) in [6.45, 7) is 10.1. The molecule has 0 aromatic heterocycles. The van der Waals surface area contributed by atoms with Crippen molar-refractivity contribution in [3.63, 3.8) is 0 Å². The molecule has 0 radical (unpaired) electrons. The van der Waals surface area contributed by atoms with Crippen molar-refractivity contribution in [1.29, 1.82) is 0 Å². The van der Waals surface area contributed by atoms with E-state index in [9.17, 15) is 4.79 Å². The highest BCUT2D eigenvalue weighted by molar-refractivity contribution is 6.71. The fraction of sp³-hybridized carbons (Fsp3) is 0.875. The van der Waals surface area contributed by atoms with Crippen LogP contribution >= 0.6 is 0 Å². The van der Waals surface area contributed by atoms with Crippen LogP contribution in [-0.4, -0.2) is 14.3 Å². The predicted molar refractivity (Wildman–Crippen MR) is 48.9 cm³/mol. The third-order valence-corrected chi connectivity index (χ3v) is 1.83. The molecule has 66 valence electrons. The van der Waals surface area contributed by atoms with E-state index in [1.807, 2.05) is 33.5 Å². The molecule has 0 aliphatic carbocycles. The quantitative estimate of drug-likeness (QED) is 0.614. The minimum Gasteiger partial charge on any atom is -0.520 e. The number of hydrogen-bond acceptors (Lipinski definition) is 2. The molecule has 0 atom stereocenters. The van der Waals surface area contributed by atoms with Gasteiger partial charge in [0.1, 0.15) is 0 Å².